The summed E-state index contributed by atoms with van der Waals surface area (Å²) in [4.78, 5) is 39.6. The zero-order valence-corrected chi connectivity index (χ0v) is 22.6. The number of carbonyl (C=O) groups is 3. The number of esters is 2. The Morgan fingerprint density at radius 2 is 1.48 bits per heavy atom. The second-order valence-electron chi connectivity index (χ2n) is 9.45. The van der Waals surface area contributed by atoms with E-state index < -0.39 is 47.4 Å². The van der Waals surface area contributed by atoms with Crippen LogP contribution in [0, 0.1) is 6.92 Å². The van der Waals surface area contributed by atoms with Crippen LogP contribution in [-0.4, -0.2) is 60.0 Å². The summed E-state index contributed by atoms with van der Waals surface area (Å²) >= 11 is 0. The maximum atomic E-state index is 15.9. The smallest absolute Gasteiger partial charge is 0.382 e. The lowest BCUT2D eigenvalue weighted by molar-refractivity contribution is -0.172. The van der Waals surface area contributed by atoms with Crippen molar-refractivity contribution in [3.8, 4) is 0 Å². The number of alkyl halides is 4. The zero-order chi connectivity index (χ0) is 29.6. The van der Waals surface area contributed by atoms with E-state index in [-0.39, 0.29) is 46.5 Å². The maximum absolute atomic E-state index is 15.9. The van der Waals surface area contributed by atoms with E-state index in [0.29, 0.717) is 0 Å². The third-order valence-electron chi connectivity index (χ3n) is 6.84. The van der Waals surface area contributed by atoms with Crippen LogP contribution in [0.1, 0.15) is 46.6 Å². The van der Waals surface area contributed by atoms with Crippen LogP contribution in [0.2, 0.25) is 0 Å². The molecule has 1 aliphatic rings. The molecule has 4 rings (SSSR count). The number of likely N-dealkylation sites (N-methyl/N-ethyl adjacent to an activating group) is 1. The van der Waals surface area contributed by atoms with E-state index in [9.17, 15) is 14.4 Å². The van der Waals surface area contributed by atoms with Gasteiger partial charge >= 0.3 is 23.8 Å². The molecule has 0 bridgehead atoms. The summed E-state index contributed by atoms with van der Waals surface area (Å²) in [5, 5.41) is -0.278. The van der Waals surface area contributed by atoms with Crippen molar-refractivity contribution in [1.29, 1.82) is 0 Å². The number of nitrogens with zero attached hydrogens (tertiary/aromatic N) is 2. The Morgan fingerprint density at radius 1 is 0.900 bits per heavy atom. The molecule has 0 unspecified atom stereocenters. The molecule has 1 amide bonds. The summed E-state index contributed by atoms with van der Waals surface area (Å²) in [5.74, 6) is -12.8. The van der Waals surface area contributed by atoms with Gasteiger partial charge in [0, 0.05) is 48.3 Å². The van der Waals surface area contributed by atoms with Crippen LogP contribution in [0.4, 0.5) is 17.6 Å². The van der Waals surface area contributed by atoms with Gasteiger partial charge in [0.05, 0.1) is 24.5 Å². The number of rotatable bonds is 7. The number of benzene rings is 2. The molecule has 0 saturated carbocycles. The molecule has 2 aromatic carbocycles. The average molecular weight is 561 g/mol. The van der Waals surface area contributed by atoms with Gasteiger partial charge in [-0.05, 0) is 32.4 Å². The molecule has 0 aliphatic carbocycles. The van der Waals surface area contributed by atoms with Crippen molar-refractivity contribution in [2.24, 2.45) is 7.05 Å². The summed E-state index contributed by atoms with van der Waals surface area (Å²) in [6.45, 7) is 3.27. The fourth-order valence-electron chi connectivity index (χ4n) is 4.94. The topological polar surface area (TPSA) is 77.8 Å². The highest BCUT2D eigenvalue weighted by Crippen LogP contribution is 2.46. The maximum Gasteiger partial charge on any atom is 0.382 e. The Hall–Kier alpha value is -4.15. The van der Waals surface area contributed by atoms with Crippen molar-refractivity contribution >= 4 is 34.3 Å². The van der Waals surface area contributed by atoms with Gasteiger partial charge in [-0.25, -0.2) is 9.59 Å². The number of aryl methyl sites for hydroxylation is 2. The molecule has 0 spiro atoms. The largest absolute Gasteiger partial charge is 0.461 e. The Morgan fingerprint density at radius 3 is 2.05 bits per heavy atom. The van der Waals surface area contributed by atoms with Gasteiger partial charge in [-0.3, -0.25) is 4.79 Å². The minimum Gasteiger partial charge on any atom is -0.461 e. The molecular weight excluding hydrogens is 532 g/mol. The molecule has 2 heterocycles. The van der Waals surface area contributed by atoms with E-state index in [0.717, 1.165) is 16.5 Å². The second kappa shape index (κ2) is 10.4. The molecule has 11 heteroatoms. The predicted molar refractivity (Wildman–Crippen MR) is 139 cm³/mol. The third-order valence-corrected chi connectivity index (χ3v) is 6.84. The molecule has 0 saturated heterocycles. The lowest BCUT2D eigenvalue weighted by atomic mass is 9.90. The second-order valence-corrected chi connectivity index (χ2v) is 9.45. The fraction of sp³-hybridized carbons (Fsp3) is 0.345. The molecule has 212 valence electrons. The van der Waals surface area contributed by atoms with Crippen molar-refractivity contribution < 1.29 is 41.4 Å². The summed E-state index contributed by atoms with van der Waals surface area (Å²) in [5.41, 5.74) is -0.950. The van der Waals surface area contributed by atoms with Crippen LogP contribution in [0.25, 0.3) is 16.5 Å². The van der Waals surface area contributed by atoms with E-state index in [1.54, 1.807) is 31.2 Å². The first-order chi connectivity index (χ1) is 18.8. The Bertz CT molecular complexity index is 1540. The SMILES string of the molecule is CCOC(=O)C(F)(F)C1=C(c2ccc(C)cc2)c2c(c3c(C(F)(F)C(=O)OCC)cccc3n2C)C(=O)N(C)C1. The van der Waals surface area contributed by atoms with E-state index in [1.165, 1.54) is 44.6 Å². The highest BCUT2D eigenvalue weighted by Gasteiger charge is 2.51. The van der Waals surface area contributed by atoms with E-state index in [4.69, 9.17) is 0 Å². The molecule has 3 aromatic rings. The van der Waals surface area contributed by atoms with Gasteiger partial charge < -0.3 is 18.9 Å². The number of fused-ring (bicyclic) bond motifs is 3. The summed E-state index contributed by atoms with van der Waals surface area (Å²) < 4.78 is 73.3. The van der Waals surface area contributed by atoms with E-state index in [2.05, 4.69) is 9.47 Å². The molecule has 7 nitrogen and oxygen atoms in total. The van der Waals surface area contributed by atoms with Crippen LogP contribution in [0.15, 0.2) is 48.0 Å². The first-order valence-electron chi connectivity index (χ1n) is 12.6. The van der Waals surface area contributed by atoms with Crippen molar-refractivity contribution in [1.82, 2.24) is 9.47 Å². The van der Waals surface area contributed by atoms with Crippen molar-refractivity contribution in [2.75, 3.05) is 26.8 Å². The number of amides is 1. The van der Waals surface area contributed by atoms with Crippen LogP contribution >= 0.6 is 0 Å². The standard InChI is InChI=1S/C29H28F4N2O5/c1-6-39-26(37)28(30,31)18-9-8-10-20-22(18)23-24(35(20)5)21(17-13-11-16(3)12-14-17)19(15-34(4)25(23)36)29(32,33)27(38)40-7-2/h8-14H,6-7,15H2,1-5H3. The van der Waals surface area contributed by atoms with Crippen LogP contribution < -0.4 is 0 Å². The van der Waals surface area contributed by atoms with Gasteiger partial charge in [-0.2, -0.15) is 17.6 Å². The minimum absolute atomic E-state index is 0.0959. The number of ether oxygens (including phenoxy) is 2. The van der Waals surface area contributed by atoms with Crippen molar-refractivity contribution in [3.05, 3.63) is 76.0 Å². The monoisotopic (exact) mass is 560 g/mol. The van der Waals surface area contributed by atoms with Crippen LogP contribution in [0.5, 0.6) is 0 Å². The molecular formula is C29H28F4N2O5. The summed E-state index contributed by atoms with van der Waals surface area (Å²) in [6.07, 6.45) is 0. The highest BCUT2D eigenvalue weighted by atomic mass is 19.3. The van der Waals surface area contributed by atoms with Gasteiger partial charge in [0.1, 0.15) is 0 Å². The van der Waals surface area contributed by atoms with Gasteiger partial charge in [0.15, 0.2) is 0 Å². The Kier molecular flexibility index (Phi) is 7.53. The molecule has 1 aliphatic heterocycles. The van der Waals surface area contributed by atoms with Crippen LogP contribution in [0.3, 0.4) is 0 Å². The molecule has 1 aromatic heterocycles. The third kappa shape index (κ3) is 4.52. The molecule has 0 N–H and O–H groups in total. The first kappa shape index (κ1) is 28.8. The number of carbonyl (C=O) groups excluding carboxylic acids is 3. The van der Waals surface area contributed by atoms with Gasteiger partial charge in [-0.15, -0.1) is 0 Å². The predicted octanol–water partition coefficient (Wildman–Crippen LogP) is 5.23. The molecule has 40 heavy (non-hydrogen) atoms. The normalized spacial score (nSPS) is 14.3. The zero-order valence-electron chi connectivity index (χ0n) is 22.6. The van der Waals surface area contributed by atoms with E-state index >= 15 is 17.6 Å². The van der Waals surface area contributed by atoms with Crippen molar-refractivity contribution in [2.45, 2.75) is 32.6 Å². The number of hydrogen-bond acceptors (Lipinski definition) is 5. The molecule has 0 fully saturated rings. The lowest BCUT2D eigenvalue weighted by Crippen LogP contribution is -2.39. The van der Waals surface area contributed by atoms with Gasteiger partial charge in [-0.1, -0.05) is 42.0 Å². The van der Waals surface area contributed by atoms with Crippen LogP contribution in [-0.2, 0) is 32.0 Å². The quantitative estimate of drug-likeness (QED) is 0.292. The van der Waals surface area contributed by atoms with Gasteiger partial charge in [0.25, 0.3) is 5.91 Å². The summed E-state index contributed by atoms with van der Waals surface area (Å²) in [7, 11) is 2.68. The first-order valence-corrected chi connectivity index (χ1v) is 12.6. The Labute approximate surface area is 228 Å². The fourth-order valence-corrected chi connectivity index (χ4v) is 4.94. The number of halogens is 4. The Balaban J connectivity index is 2.20. The number of aromatic nitrogens is 1. The minimum atomic E-state index is -4.17. The average Bonchev–Trinajstić information content (AvgIpc) is 3.14. The highest BCUT2D eigenvalue weighted by molar-refractivity contribution is 6.15. The van der Waals surface area contributed by atoms with E-state index in [1.807, 2.05) is 0 Å². The summed E-state index contributed by atoms with van der Waals surface area (Å²) in [6, 6.07) is 10.2. The molecule has 0 radical (unpaired) electrons. The van der Waals surface area contributed by atoms with Gasteiger partial charge in [0.2, 0.25) is 0 Å². The lowest BCUT2D eigenvalue weighted by Gasteiger charge is -2.24. The number of hydrogen-bond donors (Lipinski definition) is 0. The van der Waals surface area contributed by atoms with Crippen molar-refractivity contribution in [3.63, 3.8) is 0 Å². The molecule has 0 atom stereocenters.